The smallest absolute Gasteiger partial charge is 0.270 e. The van der Waals surface area contributed by atoms with Crippen LogP contribution in [0.25, 0.3) is 5.57 Å². The third-order valence-electron chi connectivity index (χ3n) is 4.54. The van der Waals surface area contributed by atoms with Crippen LogP contribution in [0.2, 0.25) is 0 Å². The standard InChI is InChI=1S/C21H24N2O3S/c1-14-6-9-18(10-7-14)27(25,26)23(16(3)24)17-8-11-20-19(12-17)15(2)13-21(4,5)22-20/h6-13,22H,1-5H3. The summed E-state index contributed by atoms with van der Waals surface area (Å²) in [4.78, 5) is 12.4. The van der Waals surface area contributed by atoms with E-state index in [9.17, 15) is 13.2 Å². The van der Waals surface area contributed by atoms with Gasteiger partial charge in [-0.05, 0) is 63.6 Å². The number of amides is 1. The summed E-state index contributed by atoms with van der Waals surface area (Å²) in [5.74, 6) is -0.554. The van der Waals surface area contributed by atoms with E-state index in [1.165, 1.54) is 19.1 Å². The molecule has 27 heavy (non-hydrogen) atoms. The molecule has 0 unspecified atom stereocenters. The minimum Gasteiger partial charge on any atom is -0.376 e. The van der Waals surface area contributed by atoms with Gasteiger partial charge in [0.25, 0.3) is 10.0 Å². The van der Waals surface area contributed by atoms with E-state index in [1.807, 2.05) is 19.9 Å². The molecule has 1 amide bonds. The third kappa shape index (κ3) is 3.62. The van der Waals surface area contributed by atoms with Gasteiger partial charge in [0.1, 0.15) is 0 Å². The highest BCUT2D eigenvalue weighted by Crippen LogP contribution is 2.37. The average molecular weight is 385 g/mol. The van der Waals surface area contributed by atoms with E-state index in [1.54, 1.807) is 24.3 Å². The molecule has 0 fully saturated rings. The van der Waals surface area contributed by atoms with Gasteiger partial charge in [-0.25, -0.2) is 12.7 Å². The molecule has 2 aromatic carbocycles. The van der Waals surface area contributed by atoms with Gasteiger partial charge in [-0.15, -0.1) is 0 Å². The van der Waals surface area contributed by atoms with Crippen molar-refractivity contribution >= 4 is 32.9 Å². The highest BCUT2D eigenvalue weighted by molar-refractivity contribution is 7.93. The Bertz CT molecular complexity index is 1040. The van der Waals surface area contributed by atoms with Crippen molar-refractivity contribution in [2.45, 2.75) is 45.1 Å². The molecule has 142 valence electrons. The van der Waals surface area contributed by atoms with Gasteiger partial charge in [-0.1, -0.05) is 23.8 Å². The lowest BCUT2D eigenvalue weighted by atomic mass is 9.91. The molecule has 1 N–H and O–H groups in total. The van der Waals surface area contributed by atoms with Crippen LogP contribution in [0.4, 0.5) is 11.4 Å². The van der Waals surface area contributed by atoms with Crippen molar-refractivity contribution in [1.29, 1.82) is 0 Å². The molecule has 1 aliphatic heterocycles. The Morgan fingerprint density at radius 1 is 1.04 bits per heavy atom. The Balaban J connectivity index is 2.11. The van der Waals surface area contributed by atoms with Gasteiger partial charge in [0, 0.05) is 18.2 Å². The molecule has 1 aliphatic rings. The highest BCUT2D eigenvalue weighted by atomic mass is 32.2. The number of allylic oxidation sites excluding steroid dienone is 1. The quantitative estimate of drug-likeness (QED) is 0.855. The molecule has 6 heteroatoms. The normalized spacial score (nSPS) is 15.4. The van der Waals surface area contributed by atoms with Crippen molar-refractivity contribution in [2.24, 2.45) is 0 Å². The first kappa shape index (κ1) is 19.2. The van der Waals surface area contributed by atoms with Crippen LogP contribution in [0.3, 0.4) is 0 Å². The summed E-state index contributed by atoms with van der Waals surface area (Å²) in [6.45, 7) is 9.26. The number of carbonyl (C=O) groups excluding carboxylic acids is 1. The molecule has 0 saturated heterocycles. The van der Waals surface area contributed by atoms with E-state index in [4.69, 9.17) is 0 Å². The van der Waals surface area contributed by atoms with Crippen LogP contribution in [0, 0.1) is 6.92 Å². The first-order valence-electron chi connectivity index (χ1n) is 8.76. The molecule has 2 aromatic rings. The van der Waals surface area contributed by atoms with Gasteiger partial charge in [0.15, 0.2) is 0 Å². The maximum atomic E-state index is 13.1. The molecule has 0 saturated carbocycles. The first-order chi connectivity index (χ1) is 12.5. The number of nitrogens with one attached hydrogen (secondary N) is 1. The zero-order chi connectivity index (χ0) is 20.0. The summed E-state index contributed by atoms with van der Waals surface area (Å²) >= 11 is 0. The van der Waals surface area contributed by atoms with Crippen LogP contribution in [0.1, 0.15) is 38.8 Å². The highest BCUT2D eigenvalue weighted by Gasteiger charge is 2.30. The van der Waals surface area contributed by atoms with Gasteiger partial charge in [-0.2, -0.15) is 0 Å². The van der Waals surface area contributed by atoms with Crippen LogP contribution in [0.15, 0.2) is 53.4 Å². The Morgan fingerprint density at radius 2 is 1.67 bits per heavy atom. The van der Waals surface area contributed by atoms with Gasteiger partial charge < -0.3 is 5.32 Å². The van der Waals surface area contributed by atoms with Crippen molar-refractivity contribution in [3.8, 4) is 0 Å². The lowest BCUT2D eigenvalue weighted by Gasteiger charge is -2.32. The molecule has 0 radical (unpaired) electrons. The molecule has 0 bridgehead atoms. The fourth-order valence-corrected chi connectivity index (χ4v) is 4.82. The minimum absolute atomic E-state index is 0.0903. The van der Waals surface area contributed by atoms with Crippen LogP contribution < -0.4 is 9.62 Å². The van der Waals surface area contributed by atoms with Gasteiger partial charge in [0.2, 0.25) is 5.91 Å². The van der Waals surface area contributed by atoms with E-state index < -0.39 is 15.9 Å². The van der Waals surface area contributed by atoms with E-state index in [-0.39, 0.29) is 10.4 Å². The topological polar surface area (TPSA) is 66.5 Å². The number of fused-ring (bicyclic) bond motifs is 1. The van der Waals surface area contributed by atoms with Crippen molar-refractivity contribution in [3.05, 3.63) is 59.7 Å². The predicted octanol–water partition coefficient (Wildman–Crippen LogP) is 4.34. The number of hydrogen-bond donors (Lipinski definition) is 1. The summed E-state index contributed by atoms with van der Waals surface area (Å²) in [5.41, 5.74) is 3.93. The average Bonchev–Trinajstić information content (AvgIpc) is 2.54. The molecule has 1 heterocycles. The maximum absolute atomic E-state index is 13.1. The molecular weight excluding hydrogens is 360 g/mol. The second-order valence-electron chi connectivity index (χ2n) is 7.51. The largest absolute Gasteiger partial charge is 0.376 e. The number of sulfonamides is 1. The summed E-state index contributed by atoms with van der Waals surface area (Å²) < 4.78 is 27.1. The van der Waals surface area contributed by atoms with E-state index >= 15 is 0 Å². The number of nitrogens with zero attached hydrogens (tertiary/aromatic N) is 1. The number of hydrogen-bond acceptors (Lipinski definition) is 4. The van der Waals surface area contributed by atoms with Crippen LogP contribution in [-0.2, 0) is 14.8 Å². The second kappa shape index (κ2) is 6.53. The Kier molecular flexibility index (Phi) is 4.64. The zero-order valence-electron chi connectivity index (χ0n) is 16.2. The van der Waals surface area contributed by atoms with Crippen LogP contribution >= 0.6 is 0 Å². The lowest BCUT2D eigenvalue weighted by molar-refractivity contribution is -0.115. The van der Waals surface area contributed by atoms with Crippen molar-refractivity contribution < 1.29 is 13.2 Å². The maximum Gasteiger partial charge on any atom is 0.270 e. The van der Waals surface area contributed by atoms with Crippen LogP contribution in [0.5, 0.6) is 0 Å². The summed E-state index contributed by atoms with van der Waals surface area (Å²) in [6, 6.07) is 11.7. The molecule has 3 rings (SSSR count). The molecule has 0 aromatic heterocycles. The third-order valence-corrected chi connectivity index (χ3v) is 6.36. The Hall–Kier alpha value is -2.60. The number of carbonyl (C=O) groups is 1. The SMILES string of the molecule is CC(=O)N(c1ccc2c(c1)C(C)=CC(C)(C)N2)S(=O)(=O)c1ccc(C)cc1. The van der Waals surface area contributed by atoms with E-state index in [0.29, 0.717) is 5.69 Å². The zero-order valence-corrected chi connectivity index (χ0v) is 17.0. The van der Waals surface area contributed by atoms with Crippen LogP contribution in [-0.4, -0.2) is 19.9 Å². The fourth-order valence-electron chi connectivity index (χ4n) is 3.40. The lowest BCUT2D eigenvalue weighted by Crippen LogP contribution is -2.36. The molecular formula is C21H24N2O3S. The summed E-state index contributed by atoms with van der Waals surface area (Å²) in [6.07, 6.45) is 2.09. The van der Waals surface area contributed by atoms with Gasteiger partial charge in [-0.3, -0.25) is 4.79 Å². The number of rotatable bonds is 3. The number of benzene rings is 2. The predicted molar refractivity (Wildman–Crippen MR) is 109 cm³/mol. The van der Waals surface area contributed by atoms with E-state index in [2.05, 4.69) is 25.2 Å². The van der Waals surface area contributed by atoms with Gasteiger partial charge in [0.05, 0.1) is 16.1 Å². The van der Waals surface area contributed by atoms with E-state index in [0.717, 1.165) is 26.7 Å². The van der Waals surface area contributed by atoms with Crippen molar-refractivity contribution in [1.82, 2.24) is 0 Å². The summed E-state index contributed by atoms with van der Waals surface area (Å²) in [7, 11) is -3.99. The van der Waals surface area contributed by atoms with Gasteiger partial charge >= 0.3 is 0 Å². The monoisotopic (exact) mass is 384 g/mol. The Labute approximate surface area is 160 Å². The first-order valence-corrected chi connectivity index (χ1v) is 10.2. The van der Waals surface area contributed by atoms with Crippen molar-refractivity contribution in [3.63, 3.8) is 0 Å². The number of aryl methyl sites for hydroxylation is 1. The summed E-state index contributed by atoms with van der Waals surface area (Å²) in [5, 5.41) is 3.41. The fraction of sp³-hybridized carbons (Fsp3) is 0.286. The second-order valence-corrected chi connectivity index (χ2v) is 9.29. The molecule has 0 aliphatic carbocycles. The molecule has 0 spiro atoms. The minimum atomic E-state index is -3.99. The number of anilines is 2. The Morgan fingerprint density at radius 3 is 2.26 bits per heavy atom. The molecule has 0 atom stereocenters. The van der Waals surface area contributed by atoms with Crippen molar-refractivity contribution in [2.75, 3.05) is 9.62 Å². The molecule has 5 nitrogen and oxygen atoms in total.